The van der Waals surface area contributed by atoms with Crippen molar-refractivity contribution in [2.24, 2.45) is 0 Å². The third-order valence-electron chi connectivity index (χ3n) is 2.96. The Balaban J connectivity index is 5.86. The number of carbonyl (C=O) groups excluding carboxylic acids is 1. The summed E-state index contributed by atoms with van der Waals surface area (Å²) in [5, 5.41) is 9.35. The quantitative estimate of drug-likeness (QED) is 0.557. The van der Waals surface area contributed by atoms with Gasteiger partial charge < -0.3 is 5.32 Å². The minimum Gasteiger partial charge on any atom is -0.333 e. The van der Waals surface area contributed by atoms with Crippen LogP contribution in [0.5, 0.6) is 0 Å². The summed E-state index contributed by atoms with van der Waals surface area (Å²) in [7, 11) is 0. The van der Waals surface area contributed by atoms with E-state index in [1.54, 1.807) is 0 Å². The van der Waals surface area contributed by atoms with Crippen molar-refractivity contribution in [3.63, 3.8) is 0 Å². The zero-order chi connectivity index (χ0) is 22.8. The summed E-state index contributed by atoms with van der Waals surface area (Å²) in [5.74, 6) is -38.8. The highest BCUT2D eigenvalue weighted by Gasteiger charge is 2.90. The van der Waals surface area contributed by atoms with Gasteiger partial charge in [0.2, 0.25) is 5.91 Å². The molecule has 0 aromatic heterocycles. The van der Waals surface area contributed by atoms with Gasteiger partial charge >= 0.3 is 35.8 Å². The predicted octanol–water partition coefficient (Wildman–Crippen LogP) is 4.66. The topological polar surface area (TPSA) is 52.9 Å². The highest BCUT2D eigenvalue weighted by atomic mass is 19.4. The minimum absolute atomic E-state index is 0.455. The molecular formula is C12H7F13N2O. The van der Waals surface area contributed by atoms with E-state index in [1.165, 1.54) is 11.4 Å². The van der Waals surface area contributed by atoms with Crippen molar-refractivity contribution in [3.05, 3.63) is 12.3 Å². The van der Waals surface area contributed by atoms with Gasteiger partial charge in [0.05, 0.1) is 6.07 Å². The Labute approximate surface area is 146 Å². The molecule has 0 saturated heterocycles. The number of nitrogens with zero attached hydrogens (tertiary/aromatic N) is 1. The summed E-state index contributed by atoms with van der Waals surface area (Å²) in [5.41, 5.74) is 0. The smallest absolute Gasteiger partial charge is 0.333 e. The Hall–Kier alpha value is -2.21. The van der Waals surface area contributed by atoms with E-state index in [4.69, 9.17) is 5.26 Å². The fraction of sp³-hybridized carbons (Fsp3) is 0.667. The first-order chi connectivity index (χ1) is 12.2. The maximum absolute atomic E-state index is 13.2. The van der Waals surface area contributed by atoms with Crippen LogP contribution in [-0.2, 0) is 4.79 Å². The maximum Gasteiger partial charge on any atom is 0.460 e. The normalized spacial score (nSPS) is 14.9. The van der Waals surface area contributed by atoms with Crippen molar-refractivity contribution in [3.8, 4) is 6.07 Å². The van der Waals surface area contributed by atoms with Gasteiger partial charge in [-0.3, -0.25) is 4.79 Å². The van der Waals surface area contributed by atoms with Gasteiger partial charge in [0.1, 0.15) is 0 Å². The average molecular weight is 442 g/mol. The van der Waals surface area contributed by atoms with Gasteiger partial charge in [-0.05, 0) is 0 Å². The van der Waals surface area contributed by atoms with Crippen LogP contribution in [0, 0.1) is 11.3 Å². The van der Waals surface area contributed by atoms with E-state index in [0.29, 0.717) is 0 Å². The van der Waals surface area contributed by atoms with Crippen LogP contribution in [0.15, 0.2) is 12.3 Å². The second-order valence-electron chi connectivity index (χ2n) is 4.98. The molecule has 0 bridgehead atoms. The number of halogens is 13. The second kappa shape index (κ2) is 7.66. The third kappa shape index (κ3) is 4.27. The third-order valence-corrected chi connectivity index (χ3v) is 2.96. The molecule has 0 atom stereocenters. The zero-order valence-electron chi connectivity index (χ0n) is 12.8. The summed E-state index contributed by atoms with van der Waals surface area (Å²) in [6, 6.07) is 1.39. The Bertz CT molecular complexity index is 645. The average Bonchev–Trinajstić information content (AvgIpc) is 2.50. The number of hydrogen-bond donors (Lipinski definition) is 1. The molecule has 0 aromatic rings. The van der Waals surface area contributed by atoms with Gasteiger partial charge in [0, 0.05) is 25.1 Å². The molecule has 16 heteroatoms. The van der Waals surface area contributed by atoms with Crippen LogP contribution in [0.3, 0.4) is 0 Å². The van der Waals surface area contributed by atoms with E-state index in [-0.39, 0.29) is 0 Å². The van der Waals surface area contributed by atoms with Gasteiger partial charge in [-0.15, -0.1) is 0 Å². The van der Waals surface area contributed by atoms with E-state index in [1.807, 2.05) is 0 Å². The Morgan fingerprint density at radius 1 is 0.786 bits per heavy atom. The predicted molar refractivity (Wildman–Crippen MR) is 62.9 cm³/mol. The lowest BCUT2D eigenvalue weighted by atomic mass is 9.94. The van der Waals surface area contributed by atoms with Gasteiger partial charge in [-0.2, -0.15) is 62.3 Å². The molecule has 0 aromatic carbocycles. The van der Waals surface area contributed by atoms with Gasteiger partial charge in [0.25, 0.3) is 0 Å². The SMILES string of the molecule is N#CCCC(=O)N/C=C/C(F)(F)C(F)(F)C(F)(F)C(F)(F)C(F)(F)C(F)(F)F. The molecule has 0 radical (unpaired) electrons. The summed E-state index contributed by atoms with van der Waals surface area (Å²) in [4.78, 5) is 10.9. The molecule has 1 N–H and O–H groups in total. The summed E-state index contributed by atoms with van der Waals surface area (Å²) < 4.78 is 166. The first kappa shape index (κ1) is 25.8. The van der Waals surface area contributed by atoms with Crippen LogP contribution in [0.4, 0.5) is 57.1 Å². The van der Waals surface area contributed by atoms with Gasteiger partial charge in [-0.1, -0.05) is 0 Å². The van der Waals surface area contributed by atoms with Gasteiger partial charge in [-0.25, -0.2) is 0 Å². The van der Waals surface area contributed by atoms with Crippen LogP contribution in [0.2, 0.25) is 0 Å². The van der Waals surface area contributed by atoms with Crippen LogP contribution in [0.25, 0.3) is 0 Å². The molecule has 28 heavy (non-hydrogen) atoms. The molecule has 0 rings (SSSR count). The Morgan fingerprint density at radius 3 is 1.61 bits per heavy atom. The van der Waals surface area contributed by atoms with Crippen LogP contribution in [-0.4, -0.2) is 41.7 Å². The maximum atomic E-state index is 13.2. The number of nitriles is 1. The molecular weight excluding hydrogens is 435 g/mol. The number of allylic oxidation sites excluding steroid dienone is 1. The van der Waals surface area contributed by atoms with E-state index in [9.17, 15) is 61.9 Å². The molecule has 1 amide bonds. The lowest BCUT2D eigenvalue weighted by Gasteiger charge is -2.39. The van der Waals surface area contributed by atoms with Crippen molar-refractivity contribution in [1.82, 2.24) is 5.32 Å². The lowest BCUT2D eigenvalue weighted by molar-refractivity contribution is -0.436. The fourth-order valence-electron chi connectivity index (χ4n) is 1.37. The number of hydrogen-bond acceptors (Lipinski definition) is 2. The van der Waals surface area contributed by atoms with Crippen molar-refractivity contribution in [1.29, 1.82) is 5.26 Å². The molecule has 0 aliphatic carbocycles. The van der Waals surface area contributed by atoms with E-state index in [0.717, 1.165) is 0 Å². The highest BCUT2D eigenvalue weighted by molar-refractivity contribution is 5.77. The molecule has 0 aliphatic rings. The Kier molecular flexibility index (Phi) is 7.06. The molecule has 3 nitrogen and oxygen atoms in total. The first-order valence-electron chi connectivity index (χ1n) is 6.50. The summed E-state index contributed by atoms with van der Waals surface area (Å²) in [6.45, 7) is 0. The summed E-state index contributed by atoms with van der Waals surface area (Å²) in [6.07, 6.45) is -10.4. The first-order valence-corrected chi connectivity index (χ1v) is 6.50. The van der Waals surface area contributed by atoms with Crippen molar-refractivity contribution < 1.29 is 61.9 Å². The van der Waals surface area contributed by atoms with Gasteiger partial charge in [0.15, 0.2) is 0 Å². The molecule has 0 saturated carbocycles. The van der Waals surface area contributed by atoms with Crippen molar-refractivity contribution in [2.45, 2.75) is 48.6 Å². The number of nitrogens with one attached hydrogen (secondary N) is 1. The van der Waals surface area contributed by atoms with Crippen molar-refractivity contribution in [2.75, 3.05) is 0 Å². The van der Waals surface area contributed by atoms with Crippen LogP contribution < -0.4 is 5.32 Å². The zero-order valence-corrected chi connectivity index (χ0v) is 12.8. The van der Waals surface area contributed by atoms with E-state index >= 15 is 0 Å². The van der Waals surface area contributed by atoms with Crippen LogP contribution >= 0.6 is 0 Å². The van der Waals surface area contributed by atoms with E-state index < -0.39 is 66.8 Å². The second-order valence-corrected chi connectivity index (χ2v) is 4.98. The number of alkyl halides is 13. The standard InChI is InChI=1S/C12H7F13N2O/c13-7(14,3-5-27-6(28)2-1-4-26)8(15,16)9(17,18)10(19,20)11(21,22)12(23,24)25/h3,5H,1-2H2,(H,27,28)/b5-3+. The molecule has 162 valence electrons. The van der Waals surface area contributed by atoms with E-state index in [2.05, 4.69) is 0 Å². The highest BCUT2D eigenvalue weighted by Crippen LogP contribution is 2.60. The summed E-state index contributed by atoms with van der Waals surface area (Å²) >= 11 is 0. The fourth-order valence-corrected chi connectivity index (χ4v) is 1.37. The molecule has 0 fully saturated rings. The lowest BCUT2D eigenvalue weighted by Crippen LogP contribution is -2.69. The monoisotopic (exact) mass is 442 g/mol. The number of rotatable bonds is 8. The van der Waals surface area contributed by atoms with Crippen molar-refractivity contribution >= 4 is 5.91 Å². The number of carbonyl (C=O) groups is 1. The number of amides is 1. The molecule has 0 spiro atoms. The largest absolute Gasteiger partial charge is 0.460 e. The van der Waals surface area contributed by atoms with Crippen LogP contribution in [0.1, 0.15) is 12.8 Å². The molecule has 0 unspecified atom stereocenters. The molecule has 0 aliphatic heterocycles. The minimum atomic E-state index is -7.98. The molecule has 0 heterocycles. The Morgan fingerprint density at radius 2 is 1.21 bits per heavy atom.